The number of pyridine rings is 1. The Labute approximate surface area is 138 Å². The molecule has 4 nitrogen and oxygen atoms in total. The Hall–Kier alpha value is -2.53. The van der Waals surface area contributed by atoms with E-state index in [1.807, 2.05) is 54.6 Å². The molecule has 0 saturated carbocycles. The Balaban J connectivity index is 1.61. The first-order valence-corrected chi connectivity index (χ1v) is 8.16. The first kappa shape index (κ1) is 15.4. The lowest BCUT2D eigenvalue weighted by molar-refractivity contribution is -0.113. The fraction of sp³-hybridized carbons (Fsp3) is 0.111. The van der Waals surface area contributed by atoms with Crippen LogP contribution in [0.5, 0.6) is 5.75 Å². The molecule has 0 aliphatic carbocycles. The topological polar surface area (TPSA) is 51.2 Å². The van der Waals surface area contributed by atoms with E-state index in [1.54, 1.807) is 13.2 Å². The number of carbonyl (C=O) groups excluding carboxylic acids is 1. The van der Waals surface area contributed by atoms with Gasteiger partial charge in [-0.25, -0.2) is 4.98 Å². The number of thioether (sulfide) groups is 1. The fourth-order valence-electron chi connectivity index (χ4n) is 2.17. The number of nitrogens with zero attached hydrogens (tertiary/aromatic N) is 1. The minimum Gasteiger partial charge on any atom is -0.497 e. The monoisotopic (exact) mass is 324 g/mol. The third-order valence-corrected chi connectivity index (χ3v) is 4.21. The van der Waals surface area contributed by atoms with Gasteiger partial charge in [-0.1, -0.05) is 42.1 Å². The Morgan fingerprint density at radius 1 is 1.13 bits per heavy atom. The van der Waals surface area contributed by atoms with E-state index in [2.05, 4.69) is 10.3 Å². The predicted octanol–water partition coefficient (Wildman–Crippen LogP) is 3.97. The zero-order chi connectivity index (χ0) is 16.1. The lowest BCUT2D eigenvalue weighted by Crippen LogP contribution is -2.14. The highest BCUT2D eigenvalue weighted by molar-refractivity contribution is 7.99. The third kappa shape index (κ3) is 4.02. The number of aromatic nitrogens is 1. The largest absolute Gasteiger partial charge is 0.497 e. The van der Waals surface area contributed by atoms with Crippen molar-refractivity contribution in [2.24, 2.45) is 0 Å². The third-order valence-electron chi connectivity index (χ3n) is 3.28. The molecule has 1 aromatic heterocycles. The van der Waals surface area contributed by atoms with Gasteiger partial charge in [0.1, 0.15) is 5.75 Å². The molecule has 3 aromatic rings. The van der Waals surface area contributed by atoms with Crippen LogP contribution in [0.1, 0.15) is 0 Å². The molecular formula is C18H16N2O2S. The van der Waals surface area contributed by atoms with Gasteiger partial charge in [0.25, 0.3) is 0 Å². The van der Waals surface area contributed by atoms with E-state index in [4.69, 9.17) is 4.74 Å². The predicted molar refractivity (Wildman–Crippen MR) is 94.1 cm³/mol. The van der Waals surface area contributed by atoms with Crippen molar-refractivity contribution in [3.8, 4) is 5.75 Å². The highest BCUT2D eigenvalue weighted by atomic mass is 32.2. The van der Waals surface area contributed by atoms with Gasteiger partial charge in [-0.15, -0.1) is 0 Å². The summed E-state index contributed by atoms with van der Waals surface area (Å²) in [6, 6.07) is 19.2. The van der Waals surface area contributed by atoms with Gasteiger partial charge in [0.05, 0.1) is 23.4 Å². The van der Waals surface area contributed by atoms with Crippen LogP contribution in [0.2, 0.25) is 0 Å². The van der Waals surface area contributed by atoms with E-state index in [0.717, 1.165) is 21.6 Å². The van der Waals surface area contributed by atoms with Crippen LogP contribution >= 0.6 is 11.8 Å². The molecule has 116 valence electrons. The fourth-order valence-corrected chi connectivity index (χ4v) is 2.84. The first-order chi connectivity index (χ1) is 11.2. The lowest BCUT2D eigenvalue weighted by atomic mass is 10.2. The van der Waals surface area contributed by atoms with Crippen molar-refractivity contribution in [2.45, 2.75) is 5.03 Å². The Morgan fingerprint density at radius 3 is 2.87 bits per heavy atom. The van der Waals surface area contributed by atoms with Crippen LogP contribution in [0.3, 0.4) is 0 Å². The van der Waals surface area contributed by atoms with Crippen molar-refractivity contribution in [3.63, 3.8) is 0 Å². The number of benzene rings is 2. The number of hydrogen-bond acceptors (Lipinski definition) is 4. The Bertz CT molecular complexity index is 836. The summed E-state index contributed by atoms with van der Waals surface area (Å²) in [7, 11) is 1.60. The van der Waals surface area contributed by atoms with Gasteiger partial charge in [-0.2, -0.15) is 0 Å². The van der Waals surface area contributed by atoms with E-state index in [0.29, 0.717) is 11.5 Å². The van der Waals surface area contributed by atoms with Crippen LogP contribution in [-0.2, 0) is 4.79 Å². The van der Waals surface area contributed by atoms with Crippen LogP contribution in [0.4, 0.5) is 5.69 Å². The van der Waals surface area contributed by atoms with Gasteiger partial charge in [0.2, 0.25) is 5.91 Å². The number of amides is 1. The maximum Gasteiger partial charge on any atom is 0.234 e. The number of ether oxygens (including phenoxy) is 1. The van der Waals surface area contributed by atoms with Gasteiger partial charge in [-0.05, 0) is 24.3 Å². The summed E-state index contributed by atoms with van der Waals surface area (Å²) in [6.45, 7) is 0. The number of para-hydroxylation sites is 1. The standard InChI is InChI=1S/C18H16N2O2S/c1-22-15-7-4-6-14(11-15)19-17(21)12-23-18-10-9-13-5-2-3-8-16(13)20-18/h2-11H,12H2,1H3,(H,19,21). The normalized spacial score (nSPS) is 10.5. The number of fused-ring (bicyclic) bond motifs is 1. The van der Waals surface area contributed by atoms with E-state index in [1.165, 1.54) is 11.8 Å². The first-order valence-electron chi connectivity index (χ1n) is 7.17. The van der Waals surface area contributed by atoms with Crippen molar-refractivity contribution in [2.75, 3.05) is 18.2 Å². The average molecular weight is 324 g/mol. The summed E-state index contributed by atoms with van der Waals surface area (Å²) >= 11 is 1.42. The van der Waals surface area contributed by atoms with Crippen LogP contribution in [0.25, 0.3) is 10.9 Å². The quantitative estimate of drug-likeness (QED) is 0.721. The molecule has 0 fully saturated rings. The number of hydrogen-bond donors (Lipinski definition) is 1. The van der Waals surface area contributed by atoms with Crippen molar-refractivity contribution < 1.29 is 9.53 Å². The molecule has 0 bridgehead atoms. The van der Waals surface area contributed by atoms with Crippen molar-refractivity contribution in [1.82, 2.24) is 4.98 Å². The van der Waals surface area contributed by atoms with Gasteiger partial charge < -0.3 is 10.1 Å². The van der Waals surface area contributed by atoms with E-state index in [-0.39, 0.29) is 5.91 Å². The average Bonchev–Trinajstić information content (AvgIpc) is 2.60. The summed E-state index contributed by atoms with van der Waals surface area (Å²) in [5.41, 5.74) is 1.66. The maximum atomic E-state index is 12.0. The number of carbonyl (C=O) groups is 1. The highest BCUT2D eigenvalue weighted by Gasteiger charge is 2.06. The molecule has 5 heteroatoms. The molecule has 1 amide bonds. The summed E-state index contributed by atoms with van der Waals surface area (Å²) in [5, 5.41) is 4.79. The smallest absolute Gasteiger partial charge is 0.234 e. The number of nitrogens with one attached hydrogen (secondary N) is 1. The molecule has 0 spiro atoms. The van der Waals surface area contributed by atoms with E-state index < -0.39 is 0 Å². The molecule has 3 rings (SSSR count). The number of methoxy groups -OCH3 is 1. The zero-order valence-electron chi connectivity index (χ0n) is 12.7. The number of rotatable bonds is 5. The molecular weight excluding hydrogens is 308 g/mol. The van der Waals surface area contributed by atoms with Crippen molar-refractivity contribution in [1.29, 1.82) is 0 Å². The summed E-state index contributed by atoms with van der Waals surface area (Å²) in [4.78, 5) is 16.6. The lowest BCUT2D eigenvalue weighted by Gasteiger charge is -2.07. The summed E-state index contributed by atoms with van der Waals surface area (Å²) in [6.07, 6.45) is 0. The molecule has 1 N–H and O–H groups in total. The van der Waals surface area contributed by atoms with Gasteiger partial charge in [-0.3, -0.25) is 4.79 Å². The second kappa shape index (κ2) is 7.15. The van der Waals surface area contributed by atoms with Crippen molar-refractivity contribution in [3.05, 3.63) is 60.7 Å². The highest BCUT2D eigenvalue weighted by Crippen LogP contribution is 2.21. The Kier molecular flexibility index (Phi) is 4.78. The molecule has 0 radical (unpaired) electrons. The summed E-state index contributed by atoms with van der Waals surface area (Å²) < 4.78 is 5.14. The SMILES string of the molecule is COc1cccc(NC(=O)CSc2ccc3ccccc3n2)c1. The molecule has 0 aliphatic heterocycles. The minimum atomic E-state index is -0.0711. The van der Waals surface area contributed by atoms with Gasteiger partial charge >= 0.3 is 0 Å². The molecule has 0 saturated heterocycles. The van der Waals surface area contributed by atoms with Crippen LogP contribution in [-0.4, -0.2) is 23.8 Å². The molecule has 0 unspecified atom stereocenters. The maximum absolute atomic E-state index is 12.0. The summed E-state index contributed by atoms with van der Waals surface area (Å²) in [5.74, 6) is 0.951. The molecule has 1 heterocycles. The van der Waals surface area contributed by atoms with E-state index >= 15 is 0 Å². The van der Waals surface area contributed by atoms with Crippen LogP contribution < -0.4 is 10.1 Å². The molecule has 0 atom stereocenters. The minimum absolute atomic E-state index is 0.0711. The van der Waals surface area contributed by atoms with Crippen LogP contribution in [0, 0.1) is 0 Å². The van der Waals surface area contributed by atoms with Crippen LogP contribution in [0.15, 0.2) is 65.7 Å². The second-order valence-corrected chi connectivity index (χ2v) is 5.91. The molecule has 0 aliphatic rings. The molecule has 23 heavy (non-hydrogen) atoms. The molecule has 2 aromatic carbocycles. The second-order valence-electron chi connectivity index (χ2n) is 4.91. The van der Waals surface area contributed by atoms with E-state index in [9.17, 15) is 4.79 Å². The zero-order valence-corrected chi connectivity index (χ0v) is 13.5. The Morgan fingerprint density at radius 2 is 2.00 bits per heavy atom. The van der Waals surface area contributed by atoms with Gasteiger partial charge in [0, 0.05) is 17.1 Å². The van der Waals surface area contributed by atoms with Crippen molar-refractivity contribution >= 4 is 34.3 Å². The number of anilines is 1. The van der Waals surface area contributed by atoms with Gasteiger partial charge in [0.15, 0.2) is 0 Å².